The molecule has 7 nitrogen and oxygen atoms in total. The number of hydrogen-bond donors (Lipinski definition) is 0. The fraction of sp³-hybridized carbons (Fsp3) is 0.500. The number of rotatable bonds is 5. The van der Waals surface area contributed by atoms with Gasteiger partial charge in [-0.15, -0.1) is 0 Å². The van der Waals surface area contributed by atoms with E-state index in [4.69, 9.17) is 4.98 Å². The van der Waals surface area contributed by atoms with Gasteiger partial charge in [-0.1, -0.05) is 43.2 Å². The van der Waals surface area contributed by atoms with Gasteiger partial charge in [-0.2, -0.15) is 4.98 Å². The quantitative estimate of drug-likeness (QED) is 0.666. The molecule has 1 aliphatic rings. The fourth-order valence-electron chi connectivity index (χ4n) is 4.24. The summed E-state index contributed by atoms with van der Waals surface area (Å²) >= 11 is 0. The zero-order valence-electron chi connectivity index (χ0n) is 17.3. The molecule has 0 unspecified atom stereocenters. The van der Waals surface area contributed by atoms with Crippen LogP contribution in [0.3, 0.4) is 0 Å². The Morgan fingerprint density at radius 3 is 2.31 bits per heavy atom. The first-order valence-corrected chi connectivity index (χ1v) is 10.5. The molecule has 1 saturated heterocycles. The van der Waals surface area contributed by atoms with Crippen molar-refractivity contribution in [3.63, 3.8) is 0 Å². The van der Waals surface area contributed by atoms with Crippen LogP contribution in [0.5, 0.6) is 0 Å². The fourth-order valence-corrected chi connectivity index (χ4v) is 4.24. The van der Waals surface area contributed by atoms with Crippen LogP contribution >= 0.6 is 0 Å². The number of nitrogens with zero attached hydrogens (tertiary/aromatic N) is 5. The largest absolute Gasteiger partial charge is 0.342 e. The second-order valence-electron chi connectivity index (χ2n) is 7.93. The van der Waals surface area contributed by atoms with Crippen molar-refractivity contribution in [2.45, 2.75) is 45.1 Å². The van der Waals surface area contributed by atoms with E-state index in [1.807, 2.05) is 10.6 Å². The Bertz CT molecular complexity index is 1100. The van der Waals surface area contributed by atoms with Gasteiger partial charge in [0.25, 0.3) is 5.56 Å². The third-order valence-electron chi connectivity index (χ3n) is 5.91. The van der Waals surface area contributed by atoms with E-state index in [-0.39, 0.29) is 11.2 Å². The third kappa shape index (κ3) is 3.73. The molecule has 3 heterocycles. The molecule has 2 aromatic heterocycles. The molecule has 1 fully saturated rings. The summed E-state index contributed by atoms with van der Waals surface area (Å²) in [4.78, 5) is 32.5. The smallest absolute Gasteiger partial charge is 0.332 e. The Hall–Kier alpha value is -2.83. The van der Waals surface area contributed by atoms with Gasteiger partial charge in [0.05, 0.1) is 0 Å². The zero-order valence-corrected chi connectivity index (χ0v) is 17.3. The molecule has 0 atom stereocenters. The lowest BCUT2D eigenvalue weighted by molar-refractivity contribution is 0.629. The van der Waals surface area contributed by atoms with Gasteiger partial charge in [0.1, 0.15) is 0 Å². The number of benzene rings is 1. The van der Waals surface area contributed by atoms with Gasteiger partial charge in [0, 0.05) is 33.7 Å². The maximum absolute atomic E-state index is 13.0. The minimum absolute atomic E-state index is 0.267. The third-order valence-corrected chi connectivity index (χ3v) is 5.91. The van der Waals surface area contributed by atoms with Gasteiger partial charge in [-0.3, -0.25) is 13.9 Å². The highest BCUT2D eigenvalue weighted by Gasteiger charge is 2.23. The molecule has 4 rings (SSSR count). The monoisotopic (exact) mass is 395 g/mol. The second-order valence-corrected chi connectivity index (χ2v) is 7.93. The minimum atomic E-state index is -0.334. The van der Waals surface area contributed by atoms with E-state index >= 15 is 0 Å². The summed E-state index contributed by atoms with van der Waals surface area (Å²) in [5.41, 5.74) is 1.70. The molecule has 1 aromatic carbocycles. The topological polar surface area (TPSA) is 65.1 Å². The first kappa shape index (κ1) is 19.5. The number of fused-ring (bicyclic) bond motifs is 1. The van der Waals surface area contributed by atoms with Crippen molar-refractivity contribution in [1.82, 2.24) is 18.7 Å². The molecule has 0 amide bonds. The number of aryl methyl sites for hydroxylation is 3. The van der Waals surface area contributed by atoms with E-state index in [1.165, 1.54) is 34.6 Å². The van der Waals surface area contributed by atoms with E-state index in [0.717, 1.165) is 44.7 Å². The molecular weight excluding hydrogens is 366 g/mol. The van der Waals surface area contributed by atoms with Crippen molar-refractivity contribution in [1.29, 1.82) is 0 Å². The number of anilines is 1. The van der Waals surface area contributed by atoms with Crippen LogP contribution in [0.15, 0.2) is 39.9 Å². The molecule has 154 valence electrons. The lowest BCUT2D eigenvalue weighted by Crippen LogP contribution is -2.37. The molecule has 7 heteroatoms. The van der Waals surface area contributed by atoms with Crippen molar-refractivity contribution < 1.29 is 0 Å². The molecule has 0 spiro atoms. The maximum atomic E-state index is 13.0. The number of aromatic nitrogens is 4. The van der Waals surface area contributed by atoms with Gasteiger partial charge in [0.2, 0.25) is 5.95 Å². The summed E-state index contributed by atoms with van der Waals surface area (Å²) in [6.45, 7) is 2.58. The predicted molar refractivity (Wildman–Crippen MR) is 116 cm³/mol. The van der Waals surface area contributed by atoms with E-state index in [0.29, 0.717) is 17.7 Å². The Morgan fingerprint density at radius 1 is 0.931 bits per heavy atom. The zero-order chi connectivity index (χ0) is 20.4. The Morgan fingerprint density at radius 2 is 1.62 bits per heavy atom. The van der Waals surface area contributed by atoms with Gasteiger partial charge in [-0.05, 0) is 31.2 Å². The SMILES string of the molecule is Cn1c(=O)c2c(nc(N3CCCCCC3)n2CCCc2ccccc2)n(C)c1=O. The van der Waals surface area contributed by atoms with Crippen LogP contribution in [-0.4, -0.2) is 31.8 Å². The molecule has 3 aromatic rings. The van der Waals surface area contributed by atoms with E-state index in [9.17, 15) is 9.59 Å². The van der Waals surface area contributed by atoms with Crippen LogP contribution in [0, 0.1) is 0 Å². The lowest BCUT2D eigenvalue weighted by Gasteiger charge is -2.22. The normalized spacial score (nSPS) is 15.0. The highest BCUT2D eigenvalue weighted by molar-refractivity contribution is 5.74. The van der Waals surface area contributed by atoms with Crippen LogP contribution in [0.1, 0.15) is 37.7 Å². The summed E-state index contributed by atoms with van der Waals surface area (Å²) < 4.78 is 4.72. The molecule has 0 bridgehead atoms. The summed E-state index contributed by atoms with van der Waals surface area (Å²) in [5.74, 6) is 0.827. The average molecular weight is 396 g/mol. The molecule has 0 N–H and O–H groups in total. The van der Waals surface area contributed by atoms with Crippen molar-refractivity contribution in [2.75, 3.05) is 18.0 Å². The highest BCUT2D eigenvalue weighted by Crippen LogP contribution is 2.23. The molecule has 29 heavy (non-hydrogen) atoms. The number of imidazole rings is 1. The Kier molecular flexibility index (Phi) is 5.56. The molecular formula is C22H29N5O2. The maximum Gasteiger partial charge on any atom is 0.332 e. The van der Waals surface area contributed by atoms with Gasteiger partial charge < -0.3 is 9.47 Å². The highest BCUT2D eigenvalue weighted by atomic mass is 16.2. The van der Waals surface area contributed by atoms with Crippen molar-refractivity contribution in [3.05, 3.63) is 56.7 Å². The first-order valence-electron chi connectivity index (χ1n) is 10.5. The molecule has 1 aliphatic heterocycles. The molecule has 0 radical (unpaired) electrons. The van der Waals surface area contributed by atoms with Crippen molar-refractivity contribution in [2.24, 2.45) is 14.1 Å². The minimum Gasteiger partial charge on any atom is -0.342 e. The van der Waals surface area contributed by atoms with Crippen molar-refractivity contribution >= 4 is 17.1 Å². The Balaban J connectivity index is 1.77. The van der Waals surface area contributed by atoms with Gasteiger partial charge >= 0.3 is 5.69 Å². The van der Waals surface area contributed by atoms with Crippen LogP contribution in [-0.2, 0) is 27.1 Å². The van der Waals surface area contributed by atoms with Crippen LogP contribution in [0.25, 0.3) is 11.2 Å². The van der Waals surface area contributed by atoms with Gasteiger partial charge in [-0.25, -0.2) is 4.79 Å². The van der Waals surface area contributed by atoms with E-state index < -0.39 is 0 Å². The first-order chi connectivity index (χ1) is 14.1. The predicted octanol–water partition coefficient (Wildman–Crippen LogP) is 2.45. The lowest BCUT2D eigenvalue weighted by atomic mass is 10.1. The Labute approximate surface area is 170 Å². The van der Waals surface area contributed by atoms with Crippen molar-refractivity contribution in [3.8, 4) is 0 Å². The summed E-state index contributed by atoms with van der Waals surface area (Å²) in [6.07, 6.45) is 6.55. The van der Waals surface area contributed by atoms with Gasteiger partial charge in [0.15, 0.2) is 11.2 Å². The molecule has 0 saturated carbocycles. The van der Waals surface area contributed by atoms with Crippen LogP contribution in [0.4, 0.5) is 5.95 Å². The summed E-state index contributed by atoms with van der Waals surface area (Å²) in [5, 5.41) is 0. The number of hydrogen-bond acceptors (Lipinski definition) is 4. The average Bonchev–Trinajstić information content (AvgIpc) is 2.91. The summed E-state index contributed by atoms with van der Waals surface area (Å²) in [7, 11) is 3.23. The van der Waals surface area contributed by atoms with Crippen LogP contribution < -0.4 is 16.1 Å². The summed E-state index contributed by atoms with van der Waals surface area (Å²) in [6, 6.07) is 10.4. The molecule has 0 aliphatic carbocycles. The van der Waals surface area contributed by atoms with Crippen LogP contribution in [0.2, 0.25) is 0 Å². The van der Waals surface area contributed by atoms with E-state index in [2.05, 4.69) is 29.2 Å². The second kappa shape index (κ2) is 8.27. The van der Waals surface area contributed by atoms with E-state index in [1.54, 1.807) is 7.05 Å². The standard InChI is InChI=1S/C22H29N5O2/c1-24-19-18(20(28)25(2)22(24)29)27(16-10-13-17-11-6-5-7-12-17)21(23-19)26-14-8-3-4-9-15-26/h5-7,11-12H,3-4,8-10,13-16H2,1-2H3.